The van der Waals surface area contributed by atoms with Gasteiger partial charge in [0.05, 0.1) is 12.1 Å². The molecule has 0 saturated carbocycles. The monoisotopic (exact) mass is 361 g/mol. The number of aromatic nitrogens is 1. The fourth-order valence-electron chi connectivity index (χ4n) is 1.97. The van der Waals surface area contributed by atoms with Crippen LogP contribution in [0.15, 0.2) is 39.1 Å². The molecule has 2 aromatic rings. The first kappa shape index (κ1) is 15.9. The fraction of sp³-hybridized carbons (Fsp3) is 0.312. The van der Waals surface area contributed by atoms with Crippen molar-refractivity contribution in [3.8, 4) is 6.07 Å². The zero-order valence-corrected chi connectivity index (χ0v) is 14.4. The summed E-state index contributed by atoms with van der Waals surface area (Å²) in [5.41, 5.74) is 2.10. The number of hydrogen-bond acceptors (Lipinski definition) is 4. The minimum Gasteiger partial charge on any atom is -0.288 e. The van der Waals surface area contributed by atoms with E-state index in [9.17, 15) is 5.26 Å². The molecule has 0 spiro atoms. The van der Waals surface area contributed by atoms with E-state index in [1.165, 1.54) is 11.3 Å². The molecular weight excluding hydrogens is 346 g/mol. The Labute approximate surface area is 137 Å². The van der Waals surface area contributed by atoms with Gasteiger partial charge in [-0.1, -0.05) is 35.0 Å². The second-order valence-electron chi connectivity index (χ2n) is 4.71. The topological polar surface area (TPSA) is 49.0 Å². The first-order chi connectivity index (χ1) is 10.1. The molecule has 5 heteroatoms. The van der Waals surface area contributed by atoms with Crippen LogP contribution < -0.4 is 0 Å². The van der Waals surface area contributed by atoms with Crippen molar-refractivity contribution >= 4 is 33.5 Å². The van der Waals surface area contributed by atoms with Gasteiger partial charge in [0.15, 0.2) is 0 Å². The van der Waals surface area contributed by atoms with Crippen LogP contribution in [0.1, 0.15) is 41.6 Å². The van der Waals surface area contributed by atoms with Crippen LogP contribution in [0.3, 0.4) is 0 Å². The second kappa shape index (κ2) is 7.48. The summed E-state index contributed by atoms with van der Waals surface area (Å²) in [6.45, 7) is 4.03. The maximum atomic E-state index is 9.30. The van der Waals surface area contributed by atoms with E-state index < -0.39 is 0 Å². The lowest BCUT2D eigenvalue weighted by atomic mass is 10.1. The number of hydrogen-bond donors (Lipinski definition) is 0. The number of aryl methyl sites for hydroxylation is 1. The highest BCUT2D eigenvalue weighted by Gasteiger charge is 2.13. The van der Waals surface area contributed by atoms with Crippen LogP contribution in [-0.2, 0) is 0 Å². The molecule has 1 aromatic heterocycles. The van der Waals surface area contributed by atoms with E-state index in [1.807, 2.05) is 24.4 Å². The Hall–Kier alpha value is -1.51. The van der Waals surface area contributed by atoms with Crippen LogP contribution in [0.25, 0.3) is 0 Å². The molecular formula is C16H16BrN3S. The molecule has 0 saturated heterocycles. The van der Waals surface area contributed by atoms with Gasteiger partial charge < -0.3 is 0 Å². The molecule has 3 nitrogen and oxygen atoms in total. The molecule has 0 aliphatic heterocycles. The number of aliphatic imine (C=N–C) groups is 1. The van der Waals surface area contributed by atoms with E-state index >= 15 is 0 Å². The van der Waals surface area contributed by atoms with Gasteiger partial charge in [-0.3, -0.25) is 4.99 Å². The molecule has 0 bridgehead atoms. The van der Waals surface area contributed by atoms with Crippen LogP contribution in [0.4, 0.5) is 0 Å². The van der Waals surface area contributed by atoms with Gasteiger partial charge in [0.25, 0.3) is 0 Å². The molecule has 1 unspecified atom stereocenters. The van der Waals surface area contributed by atoms with Crippen molar-refractivity contribution in [2.24, 2.45) is 4.99 Å². The molecule has 0 radical (unpaired) electrons. The molecule has 1 aromatic carbocycles. The lowest BCUT2D eigenvalue weighted by molar-refractivity contribution is 0.701. The van der Waals surface area contributed by atoms with Crippen molar-refractivity contribution < 1.29 is 0 Å². The van der Waals surface area contributed by atoms with Crippen molar-refractivity contribution in [2.75, 3.05) is 0 Å². The third-order valence-corrected chi connectivity index (χ3v) is 4.67. The largest absolute Gasteiger partial charge is 0.288 e. The second-order valence-corrected chi connectivity index (χ2v) is 6.51. The Kier molecular flexibility index (Phi) is 5.66. The minimum absolute atomic E-state index is 0.0787. The molecule has 1 heterocycles. The number of rotatable bonds is 5. The minimum atomic E-state index is -0.367. The quantitative estimate of drug-likeness (QED) is 0.700. The van der Waals surface area contributed by atoms with Gasteiger partial charge in [-0.05, 0) is 31.0 Å². The maximum Gasteiger partial charge on any atom is 0.133 e. The number of halogens is 1. The molecule has 21 heavy (non-hydrogen) atoms. The van der Waals surface area contributed by atoms with Crippen LogP contribution in [0.5, 0.6) is 0 Å². The fourth-order valence-corrected chi connectivity index (χ4v) is 3.03. The lowest BCUT2D eigenvalue weighted by Gasteiger charge is -2.11. The summed E-state index contributed by atoms with van der Waals surface area (Å²) in [5, 5.41) is 12.1. The first-order valence-electron chi connectivity index (χ1n) is 6.74. The van der Waals surface area contributed by atoms with Gasteiger partial charge >= 0.3 is 0 Å². The van der Waals surface area contributed by atoms with Crippen molar-refractivity contribution in [1.82, 2.24) is 4.98 Å². The highest BCUT2D eigenvalue weighted by molar-refractivity contribution is 9.10. The maximum absolute atomic E-state index is 9.30. The predicted molar refractivity (Wildman–Crippen MR) is 90.9 cm³/mol. The SMILES string of the molecule is CC[C@@H](N=CC(C#N)c1nc(C)cs1)c1ccc(Br)cc1. The first-order valence-corrected chi connectivity index (χ1v) is 8.41. The lowest BCUT2D eigenvalue weighted by Crippen LogP contribution is -2.00. The van der Waals surface area contributed by atoms with Gasteiger partial charge in [0, 0.05) is 21.8 Å². The Morgan fingerprint density at radius 2 is 2.14 bits per heavy atom. The molecule has 0 amide bonds. The highest BCUT2D eigenvalue weighted by atomic mass is 79.9. The van der Waals surface area contributed by atoms with Crippen molar-refractivity contribution in [3.05, 3.63) is 50.4 Å². The van der Waals surface area contributed by atoms with E-state index in [2.05, 4.69) is 51.0 Å². The van der Waals surface area contributed by atoms with Crippen molar-refractivity contribution in [3.63, 3.8) is 0 Å². The van der Waals surface area contributed by atoms with E-state index in [-0.39, 0.29) is 12.0 Å². The van der Waals surface area contributed by atoms with Gasteiger partial charge in [-0.15, -0.1) is 11.3 Å². The number of nitriles is 1. The van der Waals surface area contributed by atoms with Crippen LogP contribution >= 0.6 is 27.3 Å². The van der Waals surface area contributed by atoms with Gasteiger partial charge in [0.1, 0.15) is 10.9 Å². The summed E-state index contributed by atoms with van der Waals surface area (Å²) in [6, 6.07) is 10.5. The third-order valence-electron chi connectivity index (χ3n) is 3.10. The standard InChI is InChI=1S/C16H16BrN3S/c1-3-15(12-4-6-14(17)7-5-12)19-9-13(8-18)16-20-11(2)10-21-16/h4-7,9-10,13,15H,3H2,1-2H3/t13?,15-/m1/s1. The average Bonchev–Trinajstić information content (AvgIpc) is 2.91. The normalized spacial score (nSPS) is 14.0. The Balaban J connectivity index is 2.16. The summed E-state index contributed by atoms with van der Waals surface area (Å²) in [4.78, 5) is 8.97. The van der Waals surface area contributed by atoms with Gasteiger partial charge in [0.2, 0.25) is 0 Å². The number of thiazole rings is 1. The molecule has 0 fully saturated rings. The van der Waals surface area contributed by atoms with Crippen molar-refractivity contribution in [1.29, 1.82) is 5.26 Å². The van der Waals surface area contributed by atoms with Crippen LogP contribution in [-0.4, -0.2) is 11.2 Å². The Morgan fingerprint density at radius 3 is 2.67 bits per heavy atom. The third kappa shape index (κ3) is 4.23. The van der Waals surface area contributed by atoms with Crippen LogP contribution in [0, 0.1) is 18.3 Å². The number of nitrogens with zero attached hydrogens (tertiary/aromatic N) is 3. The zero-order valence-electron chi connectivity index (χ0n) is 12.0. The van der Waals surface area contributed by atoms with Crippen molar-refractivity contribution in [2.45, 2.75) is 32.2 Å². The molecule has 0 aliphatic rings. The predicted octanol–water partition coefficient (Wildman–Crippen LogP) is 5.04. The van der Waals surface area contributed by atoms with Gasteiger partial charge in [-0.25, -0.2) is 4.98 Å². The Bertz CT molecular complexity index is 655. The van der Waals surface area contributed by atoms with E-state index in [0.29, 0.717) is 0 Å². The number of benzene rings is 1. The summed E-state index contributed by atoms with van der Waals surface area (Å²) in [5.74, 6) is -0.367. The summed E-state index contributed by atoms with van der Waals surface area (Å²) >= 11 is 4.94. The molecule has 2 atom stereocenters. The molecule has 0 N–H and O–H groups in total. The van der Waals surface area contributed by atoms with E-state index in [4.69, 9.17) is 0 Å². The Morgan fingerprint density at radius 1 is 1.43 bits per heavy atom. The zero-order chi connectivity index (χ0) is 15.2. The molecule has 2 rings (SSSR count). The molecule has 108 valence electrons. The summed E-state index contributed by atoms with van der Waals surface area (Å²) in [6.07, 6.45) is 2.63. The highest BCUT2D eigenvalue weighted by Crippen LogP contribution is 2.24. The van der Waals surface area contributed by atoms with E-state index in [0.717, 1.165) is 27.2 Å². The molecule has 0 aliphatic carbocycles. The van der Waals surface area contributed by atoms with E-state index in [1.54, 1.807) is 6.21 Å². The summed E-state index contributed by atoms with van der Waals surface area (Å²) in [7, 11) is 0. The van der Waals surface area contributed by atoms with Crippen LogP contribution in [0.2, 0.25) is 0 Å². The smallest absolute Gasteiger partial charge is 0.133 e. The van der Waals surface area contributed by atoms with Gasteiger partial charge in [-0.2, -0.15) is 5.26 Å². The summed E-state index contributed by atoms with van der Waals surface area (Å²) < 4.78 is 1.05. The average molecular weight is 362 g/mol.